The van der Waals surface area contributed by atoms with E-state index in [2.05, 4.69) is 20.3 Å². The van der Waals surface area contributed by atoms with Gasteiger partial charge in [0.05, 0.1) is 18.4 Å². The van der Waals surface area contributed by atoms with Crippen LogP contribution in [0.3, 0.4) is 0 Å². The summed E-state index contributed by atoms with van der Waals surface area (Å²) < 4.78 is 96.3. The Balaban J connectivity index is 1.25. The highest BCUT2D eigenvalue weighted by Gasteiger charge is 2.69. The molecule has 7 rings (SSSR count). The third-order valence-corrected chi connectivity index (χ3v) is 15.1. The van der Waals surface area contributed by atoms with Crippen molar-refractivity contribution in [2.75, 3.05) is 13.7 Å². The fourth-order valence-electron chi connectivity index (χ4n) is 8.41. The van der Waals surface area contributed by atoms with Crippen LogP contribution in [0.5, 0.6) is 11.6 Å². The number of allylic oxidation sites excluding steroid dienone is 1. The summed E-state index contributed by atoms with van der Waals surface area (Å²) in [5, 5.41) is 6.03. The van der Waals surface area contributed by atoms with E-state index in [1.165, 1.54) is 32.4 Å². The minimum atomic E-state index is -4.84. The summed E-state index contributed by atoms with van der Waals surface area (Å²) in [6, 6.07) is 1.41. The van der Waals surface area contributed by atoms with Gasteiger partial charge in [0.2, 0.25) is 33.6 Å². The molecule has 0 bridgehead atoms. The van der Waals surface area contributed by atoms with E-state index < -0.39 is 104 Å². The summed E-state index contributed by atoms with van der Waals surface area (Å²) in [6.07, 6.45) is 0.827. The number of nitrogens with one attached hydrogen (secondary N) is 3. The molecule has 0 radical (unpaired) electrons. The van der Waals surface area contributed by atoms with Gasteiger partial charge in [-0.2, -0.15) is 13.2 Å². The van der Waals surface area contributed by atoms with E-state index in [4.69, 9.17) is 9.47 Å². The molecule has 4 fully saturated rings. The number of alkyl halides is 3. The Labute approximate surface area is 334 Å². The normalized spacial score (nSPS) is 30.5. The molecule has 316 valence electrons. The summed E-state index contributed by atoms with van der Waals surface area (Å²) in [5.41, 5.74) is -4.30. The van der Waals surface area contributed by atoms with Crippen LogP contribution in [-0.2, 0) is 29.2 Å². The number of aromatic nitrogens is 1. The minimum absolute atomic E-state index is 0.0182. The fraction of sp³-hybridized carbons (Fsp3) is 0.625. The van der Waals surface area contributed by atoms with Gasteiger partial charge in [-0.25, -0.2) is 17.8 Å². The number of benzene rings is 1. The van der Waals surface area contributed by atoms with Crippen molar-refractivity contribution in [1.82, 2.24) is 25.2 Å². The number of sulfonamides is 1. The molecule has 18 heteroatoms. The topological polar surface area (TPSA) is 173 Å². The number of fused-ring (bicyclic) bond motifs is 3. The molecule has 2 aliphatic heterocycles. The van der Waals surface area contributed by atoms with Gasteiger partial charge in [0.15, 0.2) is 11.6 Å². The van der Waals surface area contributed by atoms with E-state index in [0.29, 0.717) is 43.9 Å². The molecule has 3 aliphatic carbocycles. The van der Waals surface area contributed by atoms with Crippen molar-refractivity contribution < 1.29 is 54.6 Å². The first-order valence-electron chi connectivity index (χ1n) is 19.8. The van der Waals surface area contributed by atoms with Crippen LogP contribution >= 0.6 is 0 Å². The van der Waals surface area contributed by atoms with Crippen molar-refractivity contribution in [3.8, 4) is 11.6 Å². The van der Waals surface area contributed by atoms with Gasteiger partial charge < -0.3 is 25.0 Å². The van der Waals surface area contributed by atoms with Crippen LogP contribution < -0.4 is 24.8 Å². The number of hydrogen-bond acceptors (Lipinski definition) is 9. The first-order chi connectivity index (χ1) is 27.3. The number of nitrogens with zero attached hydrogens (tertiary/aromatic N) is 2. The predicted octanol–water partition coefficient (Wildman–Crippen LogP) is 4.83. The molecule has 1 aromatic carbocycles. The first-order valence-corrected chi connectivity index (χ1v) is 21.3. The highest BCUT2D eigenvalue weighted by atomic mass is 32.2. The first kappa shape index (κ1) is 41.7. The van der Waals surface area contributed by atoms with Crippen molar-refractivity contribution in [2.45, 2.75) is 120 Å². The number of methoxy groups -OCH3 is 1. The molecule has 4 amide bonds. The zero-order valence-corrected chi connectivity index (χ0v) is 33.6. The number of carbonyl (C=O) groups excluding carboxylic acids is 4. The van der Waals surface area contributed by atoms with Crippen LogP contribution in [0.4, 0.5) is 17.6 Å². The zero-order valence-electron chi connectivity index (χ0n) is 32.8. The van der Waals surface area contributed by atoms with Crippen molar-refractivity contribution in [3.63, 3.8) is 0 Å². The second kappa shape index (κ2) is 15.0. The lowest BCUT2D eigenvalue weighted by molar-refractivity contribution is -0.193. The summed E-state index contributed by atoms with van der Waals surface area (Å²) in [7, 11) is -2.78. The second-order valence-electron chi connectivity index (χ2n) is 17.0. The van der Waals surface area contributed by atoms with E-state index in [0.717, 1.165) is 4.90 Å². The van der Waals surface area contributed by atoms with Crippen molar-refractivity contribution in [2.24, 2.45) is 23.2 Å². The van der Waals surface area contributed by atoms with E-state index in [9.17, 15) is 45.2 Å². The number of amides is 4. The van der Waals surface area contributed by atoms with E-state index in [1.54, 1.807) is 19.1 Å². The second-order valence-corrected chi connectivity index (χ2v) is 19.2. The lowest BCUT2D eigenvalue weighted by Crippen LogP contribution is -2.60. The third kappa shape index (κ3) is 7.60. The number of carbonyl (C=O) groups is 4. The molecule has 3 N–H and O–H groups in total. The number of ether oxygens (including phenoxy) is 2. The highest BCUT2D eigenvalue weighted by Crippen LogP contribution is 2.58. The summed E-state index contributed by atoms with van der Waals surface area (Å²) in [5.74, 6) is -5.83. The van der Waals surface area contributed by atoms with Gasteiger partial charge in [0.25, 0.3) is 5.91 Å². The molecule has 0 unspecified atom stereocenters. The van der Waals surface area contributed by atoms with Gasteiger partial charge in [0.1, 0.15) is 29.1 Å². The molecule has 13 nitrogen and oxygen atoms in total. The molecule has 5 aliphatic rings. The maximum Gasteiger partial charge on any atom is 0.403 e. The Morgan fingerprint density at radius 1 is 1.10 bits per heavy atom. The maximum absolute atomic E-state index is 14.9. The highest BCUT2D eigenvalue weighted by molar-refractivity contribution is 7.91. The van der Waals surface area contributed by atoms with Gasteiger partial charge >= 0.3 is 6.18 Å². The smallest absolute Gasteiger partial charge is 0.403 e. The zero-order chi connectivity index (χ0) is 42.0. The van der Waals surface area contributed by atoms with Crippen LogP contribution in [0, 0.1) is 29.0 Å². The summed E-state index contributed by atoms with van der Waals surface area (Å²) in [4.78, 5) is 62.3. The molecule has 7 atom stereocenters. The van der Waals surface area contributed by atoms with Crippen LogP contribution in [0.1, 0.15) is 85.0 Å². The van der Waals surface area contributed by atoms with E-state index >= 15 is 0 Å². The molecular weight excluding hydrogens is 787 g/mol. The molecule has 58 heavy (non-hydrogen) atoms. The number of hydrogen-bond donors (Lipinski definition) is 3. The van der Waals surface area contributed by atoms with Crippen molar-refractivity contribution in [1.29, 1.82) is 0 Å². The van der Waals surface area contributed by atoms with Gasteiger partial charge in [-0.1, -0.05) is 32.4 Å². The van der Waals surface area contributed by atoms with Crippen LogP contribution in [-0.4, -0.2) is 90.2 Å². The molecule has 2 aromatic rings. The standard InChI is InChI=1S/C40H49F4N5O8S/c1-5-23-16-22(2)8-6-7-9-25-20-39(25,36(53)48-58(54,55)37(3)11-12-37)47-32(50)29-18-26(57-33-27-19-28(41)30(56-4)17-24(27)10-15-45-33)21-49(29)34(51)31(23)46-35(52)38(13-14-38)40(42,43)44/h7,9-10,15,17,19,22-23,25-26,29,31H,5-6,8,11-14,16,18,20-21H2,1-4H3,(H,46,52)(H,47,50)(H,48,53)/t22-,23-,25-,26-,29+,31+,39-/m1/s1. The Morgan fingerprint density at radius 2 is 1.83 bits per heavy atom. The Kier molecular flexibility index (Phi) is 10.8. The monoisotopic (exact) mass is 835 g/mol. The quantitative estimate of drug-likeness (QED) is 0.236. The number of rotatable bonds is 9. The van der Waals surface area contributed by atoms with E-state index in [-0.39, 0.29) is 42.3 Å². The number of halogens is 4. The largest absolute Gasteiger partial charge is 0.494 e. The molecule has 3 saturated carbocycles. The lowest BCUT2D eigenvalue weighted by atomic mass is 9.84. The van der Waals surface area contributed by atoms with Crippen molar-refractivity contribution in [3.05, 3.63) is 42.4 Å². The summed E-state index contributed by atoms with van der Waals surface area (Å²) in [6.45, 7) is 4.96. The number of pyridine rings is 1. The van der Waals surface area contributed by atoms with Gasteiger partial charge in [-0.15, -0.1) is 0 Å². The Bertz CT molecular complexity index is 2140. The average Bonchev–Trinajstić information content (AvgIpc) is 4.11. The molecule has 1 aromatic heterocycles. The van der Waals surface area contributed by atoms with Crippen LogP contribution in [0.15, 0.2) is 36.5 Å². The molecule has 3 heterocycles. The predicted molar refractivity (Wildman–Crippen MR) is 202 cm³/mol. The van der Waals surface area contributed by atoms with Gasteiger partial charge in [-0.3, -0.25) is 23.9 Å². The lowest BCUT2D eigenvalue weighted by Gasteiger charge is -2.35. The van der Waals surface area contributed by atoms with Crippen LogP contribution in [0.2, 0.25) is 0 Å². The third-order valence-electron chi connectivity index (χ3n) is 12.9. The fourth-order valence-corrected chi connectivity index (χ4v) is 9.73. The molecular formula is C40H49F4N5O8S. The Morgan fingerprint density at radius 3 is 2.47 bits per heavy atom. The Hall–Kier alpha value is -4.48. The molecule has 1 saturated heterocycles. The van der Waals surface area contributed by atoms with E-state index in [1.807, 2.05) is 13.0 Å². The van der Waals surface area contributed by atoms with Crippen LogP contribution in [0.25, 0.3) is 10.8 Å². The minimum Gasteiger partial charge on any atom is -0.494 e. The molecule has 0 spiro atoms. The maximum atomic E-state index is 14.9. The van der Waals surface area contributed by atoms with Crippen molar-refractivity contribution >= 4 is 44.4 Å². The summed E-state index contributed by atoms with van der Waals surface area (Å²) >= 11 is 0. The van der Waals surface area contributed by atoms with Gasteiger partial charge in [-0.05, 0) is 93.7 Å². The van der Waals surface area contributed by atoms with Gasteiger partial charge in [0, 0.05) is 23.9 Å². The SMILES string of the molecule is CC[C@@H]1C[C@H](C)CCC=C[C@@H]2C[C@@]2(C(=O)NS(=O)(=O)C2(C)CC2)NC(=O)[C@@H]2C[C@@H](Oc3nccc4cc(OC)c(F)cc34)CN2C(=O)[C@H]1NC(=O)C1(C(F)(F)F)CC1. The average molecular weight is 836 g/mol.